The van der Waals surface area contributed by atoms with Gasteiger partial charge in [0.25, 0.3) is 0 Å². The van der Waals surface area contributed by atoms with Crippen LogP contribution < -0.4 is 14.8 Å². The molecule has 3 aromatic rings. The van der Waals surface area contributed by atoms with E-state index < -0.39 is 0 Å². The van der Waals surface area contributed by atoms with Crippen molar-refractivity contribution in [2.75, 3.05) is 33.1 Å². The maximum Gasteiger partial charge on any atom is 0.228 e. The van der Waals surface area contributed by atoms with Gasteiger partial charge in [0.15, 0.2) is 0 Å². The highest BCUT2D eigenvalue weighted by Gasteiger charge is 2.43. The van der Waals surface area contributed by atoms with E-state index in [1.54, 1.807) is 13.3 Å². The fourth-order valence-electron chi connectivity index (χ4n) is 4.03. The predicted molar refractivity (Wildman–Crippen MR) is 123 cm³/mol. The zero-order chi connectivity index (χ0) is 21.5. The molecule has 1 amide bonds. The fourth-order valence-corrected chi connectivity index (χ4v) is 4.03. The van der Waals surface area contributed by atoms with Gasteiger partial charge >= 0.3 is 0 Å². The average Bonchev–Trinajstić information content (AvgIpc) is 3.66. The third-order valence-electron chi connectivity index (χ3n) is 5.81. The molecule has 5 rings (SSSR count). The number of aromatic nitrogens is 3. The van der Waals surface area contributed by atoms with E-state index in [4.69, 9.17) is 9.47 Å². The lowest BCUT2D eigenvalue weighted by atomic mass is 10.1. The van der Waals surface area contributed by atoms with Gasteiger partial charge in [-0.25, -0.2) is 9.97 Å². The molecule has 2 N–H and O–H groups in total. The van der Waals surface area contributed by atoms with Crippen LogP contribution in [-0.4, -0.2) is 59.6 Å². The number of aromatic amines is 1. The van der Waals surface area contributed by atoms with Gasteiger partial charge < -0.3 is 24.7 Å². The lowest BCUT2D eigenvalue weighted by Crippen LogP contribution is -2.20. The highest BCUT2D eigenvalue weighted by atomic mass is 16.5. The minimum absolute atomic E-state index is 0. The summed E-state index contributed by atoms with van der Waals surface area (Å²) in [5.74, 6) is 2.36. The number of nitrogens with zero attached hydrogens (tertiary/aromatic N) is 3. The summed E-state index contributed by atoms with van der Waals surface area (Å²) in [6.45, 7) is 0.933. The number of anilines is 1. The smallest absolute Gasteiger partial charge is 0.228 e. The molecule has 8 heteroatoms. The van der Waals surface area contributed by atoms with Crippen molar-refractivity contribution in [1.29, 1.82) is 0 Å². The molecule has 0 spiro atoms. The first-order valence-corrected chi connectivity index (χ1v) is 10.7. The van der Waals surface area contributed by atoms with Gasteiger partial charge in [0, 0.05) is 38.7 Å². The second-order valence-electron chi connectivity index (χ2n) is 8.66. The van der Waals surface area contributed by atoms with E-state index in [0.29, 0.717) is 23.3 Å². The van der Waals surface area contributed by atoms with E-state index >= 15 is 0 Å². The van der Waals surface area contributed by atoms with Gasteiger partial charge in [-0.15, -0.1) is 0 Å². The highest BCUT2D eigenvalue weighted by Crippen LogP contribution is 2.43. The summed E-state index contributed by atoms with van der Waals surface area (Å²) < 4.78 is 11.6. The Bertz CT molecular complexity index is 1130. The Morgan fingerprint density at radius 1 is 1.32 bits per heavy atom. The third kappa shape index (κ3) is 4.07. The first-order valence-electron chi connectivity index (χ1n) is 10.7. The summed E-state index contributed by atoms with van der Waals surface area (Å²) in [7, 11) is 5.67. The van der Waals surface area contributed by atoms with Crippen molar-refractivity contribution < 1.29 is 17.1 Å². The van der Waals surface area contributed by atoms with Crippen LogP contribution in [0.2, 0.25) is 0 Å². The molecule has 0 aliphatic heterocycles. The number of nitrogens with one attached hydrogen (secondary N) is 2. The lowest BCUT2D eigenvalue weighted by molar-refractivity contribution is -0.117. The van der Waals surface area contributed by atoms with Crippen molar-refractivity contribution in [2.24, 2.45) is 11.8 Å². The second kappa shape index (κ2) is 7.85. The molecule has 2 saturated carbocycles. The van der Waals surface area contributed by atoms with Crippen LogP contribution in [0, 0.1) is 11.8 Å². The summed E-state index contributed by atoms with van der Waals surface area (Å²) >= 11 is 0. The van der Waals surface area contributed by atoms with Crippen molar-refractivity contribution in [3.63, 3.8) is 0 Å². The minimum atomic E-state index is 0. The molecule has 3 heterocycles. The molecule has 31 heavy (non-hydrogen) atoms. The van der Waals surface area contributed by atoms with Gasteiger partial charge in [-0.2, -0.15) is 0 Å². The molecule has 3 aromatic heterocycles. The van der Waals surface area contributed by atoms with E-state index in [-0.39, 0.29) is 20.8 Å². The standard InChI is InChI=1S/C23H27N5O3.2H2/c1-28(2)12-13-10-16(13)22(29)27-19-7-6-15-17(11-25-21(15)26-19)20-18(31-14-4-5-14)8-9-24-23(20)30-3;;/h6-9,11,13-14,16H,4-5,10,12H2,1-3H3,(H2,25,26,27,29);2*1H/t13-,16+;;/m1../s1. The number of H-pyrrole nitrogens is 1. The van der Waals surface area contributed by atoms with Crippen molar-refractivity contribution in [2.45, 2.75) is 25.4 Å². The molecule has 2 aliphatic carbocycles. The van der Waals surface area contributed by atoms with Gasteiger partial charge in [-0.1, -0.05) is 0 Å². The van der Waals surface area contributed by atoms with Gasteiger partial charge in [0.2, 0.25) is 11.8 Å². The molecule has 2 aliphatic rings. The number of ether oxygens (including phenoxy) is 2. The van der Waals surface area contributed by atoms with Crippen LogP contribution in [0.25, 0.3) is 22.2 Å². The molecule has 0 aromatic carbocycles. The number of carbonyl (C=O) groups excluding carboxylic acids is 1. The molecular weight excluding hydrogens is 394 g/mol. The average molecular weight is 426 g/mol. The zero-order valence-corrected chi connectivity index (χ0v) is 18.0. The van der Waals surface area contributed by atoms with Crippen LogP contribution in [0.15, 0.2) is 30.6 Å². The van der Waals surface area contributed by atoms with Crippen LogP contribution in [0.4, 0.5) is 5.82 Å². The van der Waals surface area contributed by atoms with E-state index in [9.17, 15) is 4.79 Å². The topological polar surface area (TPSA) is 92.4 Å². The summed E-state index contributed by atoms with van der Waals surface area (Å²) in [5, 5.41) is 3.88. The third-order valence-corrected chi connectivity index (χ3v) is 5.81. The predicted octanol–water partition coefficient (Wildman–Crippen LogP) is 3.80. The SMILES string of the molecule is COc1nccc(OC2CC2)c1-c1c[nH]c2nc(NC(=O)[C@H]3C[C@@H]3CN(C)C)ccc12.[HH].[HH]. The number of rotatable bonds is 8. The first kappa shape index (κ1) is 19.8. The normalized spacial score (nSPS) is 20.1. The zero-order valence-electron chi connectivity index (χ0n) is 18.0. The van der Waals surface area contributed by atoms with Crippen LogP contribution in [-0.2, 0) is 4.79 Å². The summed E-state index contributed by atoms with van der Waals surface area (Å²) in [6, 6.07) is 5.67. The van der Waals surface area contributed by atoms with Crippen molar-refractivity contribution in [3.8, 4) is 22.8 Å². The van der Waals surface area contributed by atoms with Crippen LogP contribution >= 0.6 is 0 Å². The Kier molecular flexibility index (Phi) is 5.02. The van der Waals surface area contributed by atoms with Gasteiger partial charge in [0.1, 0.15) is 17.2 Å². The van der Waals surface area contributed by atoms with E-state index in [1.807, 2.05) is 38.5 Å². The quantitative estimate of drug-likeness (QED) is 0.570. The summed E-state index contributed by atoms with van der Waals surface area (Å²) in [5.41, 5.74) is 2.41. The molecule has 0 radical (unpaired) electrons. The Labute approximate surface area is 183 Å². The van der Waals surface area contributed by atoms with E-state index in [0.717, 1.165) is 48.1 Å². The Hall–Kier alpha value is -3.13. The minimum Gasteiger partial charge on any atom is -0.490 e. The number of methoxy groups -OCH3 is 1. The number of carbonyl (C=O) groups is 1. The van der Waals surface area contributed by atoms with E-state index in [2.05, 4.69) is 25.2 Å². The Morgan fingerprint density at radius 2 is 2.16 bits per heavy atom. The number of hydrogen-bond donors (Lipinski definition) is 2. The summed E-state index contributed by atoms with van der Waals surface area (Å²) in [6.07, 6.45) is 6.91. The van der Waals surface area contributed by atoms with Gasteiger partial charge in [0.05, 0.1) is 18.8 Å². The molecule has 2 atom stereocenters. The lowest BCUT2D eigenvalue weighted by Gasteiger charge is -2.13. The van der Waals surface area contributed by atoms with Crippen molar-refractivity contribution in [1.82, 2.24) is 19.9 Å². The van der Waals surface area contributed by atoms with Gasteiger partial charge in [-0.3, -0.25) is 4.79 Å². The fraction of sp³-hybridized carbons (Fsp3) is 0.435. The molecule has 0 bridgehead atoms. The van der Waals surface area contributed by atoms with Crippen molar-refractivity contribution in [3.05, 3.63) is 30.6 Å². The number of fused-ring (bicyclic) bond motifs is 1. The Balaban J connectivity index is 0.00000153. The van der Waals surface area contributed by atoms with Gasteiger partial charge in [-0.05, 0) is 57.5 Å². The molecule has 2 fully saturated rings. The van der Waals surface area contributed by atoms with Crippen molar-refractivity contribution >= 4 is 22.8 Å². The highest BCUT2D eigenvalue weighted by molar-refractivity contribution is 5.99. The molecule has 0 unspecified atom stereocenters. The number of pyridine rings is 2. The molecular formula is C23H31N5O3. The monoisotopic (exact) mass is 425 g/mol. The first-order chi connectivity index (χ1) is 15.0. The van der Waals surface area contributed by atoms with Crippen LogP contribution in [0.5, 0.6) is 11.6 Å². The molecule has 0 saturated heterocycles. The van der Waals surface area contributed by atoms with Crippen LogP contribution in [0.1, 0.15) is 22.1 Å². The number of hydrogen-bond acceptors (Lipinski definition) is 6. The Morgan fingerprint density at radius 3 is 2.90 bits per heavy atom. The van der Waals surface area contributed by atoms with E-state index in [1.165, 1.54) is 0 Å². The molecule has 166 valence electrons. The summed E-state index contributed by atoms with van der Waals surface area (Å²) in [4.78, 5) is 26.9. The maximum absolute atomic E-state index is 12.5. The maximum atomic E-state index is 12.5. The second-order valence-corrected chi connectivity index (χ2v) is 8.66. The number of amides is 1. The largest absolute Gasteiger partial charge is 0.490 e. The molecule has 8 nitrogen and oxygen atoms in total. The van der Waals surface area contributed by atoms with Crippen LogP contribution in [0.3, 0.4) is 0 Å².